The lowest BCUT2D eigenvalue weighted by Crippen LogP contribution is -2.50. The maximum absolute atomic E-state index is 12.3. The van der Waals surface area contributed by atoms with Gasteiger partial charge in [0.15, 0.2) is 0 Å². The van der Waals surface area contributed by atoms with Gasteiger partial charge in [-0.15, -0.1) is 0 Å². The first kappa shape index (κ1) is 15.5. The number of carbonyl (C=O) groups excluding carboxylic acids is 3. The van der Waals surface area contributed by atoms with Gasteiger partial charge < -0.3 is 15.7 Å². The predicted octanol–water partition coefficient (Wildman–Crippen LogP) is 2.16. The number of amides is 4. The van der Waals surface area contributed by atoms with Crippen LogP contribution in [0.4, 0.5) is 10.5 Å². The van der Waals surface area contributed by atoms with Crippen molar-refractivity contribution in [3.8, 4) is 5.75 Å². The summed E-state index contributed by atoms with van der Waals surface area (Å²) < 4.78 is 0. The fraction of sp³-hybridized carbons (Fsp3) is 0.118. The van der Waals surface area contributed by atoms with E-state index in [9.17, 15) is 19.5 Å². The Bertz CT molecular complexity index is 799. The van der Waals surface area contributed by atoms with Crippen molar-refractivity contribution in [2.24, 2.45) is 0 Å². The van der Waals surface area contributed by atoms with E-state index in [1.807, 2.05) is 0 Å². The fourth-order valence-electron chi connectivity index (χ4n) is 2.55. The molecule has 1 unspecified atom stereocenters. The quantitative estimate of drug-likeness (QED) is 0.595. The van der Waals surface area contributed by atoms with Crippen LogP contribution in [0.5, 0.6) is 5.75 Å². The summed E-state index contributed by atoms with van der Waals surface area (Å²) in [6, 6.07) is 12.1. The van der Waals surface area contributed by atoms with Crippen LogP contribution < -0.4 is 10.6 Å². The van der Waals surface area contributed by atoms with E-state index in [4.69, 9.17) is 0 Å². The van der Waals surface area contributed by atoms with Gasteiger partial charge in [-0.2, -0.15) is 0 Å². The largest absolute Gasteiger partial charge is 0.506 e. The van der Waals surface area contributed by atoms with Crippen molar-refractivity contribution >= 4 is 23.5 Å². The number of phenols is 1. The third-order valence-corrected chi connectivity index (χ3v) is 3.71. The lowest BCUT2D eigenvalue weighted by molar-refractivity contribution is 0.0581. The minimum Gasteiger partial charge on any atom is -0.506 e. The fourth-order valence-corrected chi connectivity index (χ4v) is 2.55. The molecule has 7 heteroatoms. The first-order valence-corrected chi connectivity index (χ1v) is 7.31. The number of imide groups is 1. The monoisotopic (exact) mass is 325 g/mol. The lowest BCUT2D eigenvalue weighted by atomic mass is 10.1. The summed E-state index contributed by atoms with van der Waals surface area (Å²) in [7, 11) is 0. The highest BCUT2D eigenvalue weighted by atomic mass is 16.3. The zero-order valence-electron chi connectivity index (χ0n) is 12.8. The van der Waals surface area contributed by atoms with E-state index in [1.54, 1.807) is 36.4 Å². The molecule has 24 heavy (non-hydrogen) atoms. The van der Waals surface area contributed by atoms with Gasteiger partial charge in [-0.05, 0) is 31.2 Å². The highest BCUT2D eigenvalue weighted by Gasteiger charge is 2.38. The van der Waals surface area contributed by atoms with E-state index in [0.29, 0.717) is 11.1 Å². The molecule has 0 bridgehead atoms. The summed E-state index contributed by atoms with van der Waals surface area (Å²) >= 11 is 0. The van der Waals surface area contributed by atoms with Crippen LogP contribution in [0.25, 0.3) is 0 Å². The number of benzene rings is 2. The number of nitrogens with one attached hydrogen (secondary N) is 2. The molecular formula is C17H15N3O4. The topological polar surface area (TPSA) is 98.7 Å². The number of hydrogen-bond donors (Lipinski definition) is 3. The Labute approximate surface area is 137 Å². The number of anilines is 1. The van der Waals surface area contributed by atoms with E-state index >= 15 is 0 Å². The van der Waals surface area contributed by atoms with Crippen LogP contribution in [0.2, 0.25) is 0 Å². The molecule has 1 atom stereocenters. The molecule has 1 aliphatic rings. The van der Waals surface area contributed by atoms with Gasteiger partial charge in [0, 0.05) is 0 Å². The molecule has 0 saturated heterocycles. The first-order valence-electron chi connectivity index (χ1n) is 7.31. The van der Waals surface area contributed by atoms with Crippen LogP contribution in [-0.4, -0.2) is 34.0 Å². The number of phenolic OH excluding ortho intramolecular Hbond substituents is 1. The predicted molar refractivity (Wildman–Crippen MR) is 86.7 cm³/mol. The molecule has 3 rings (SSSR count). The Hall–Kier alpha value is -3.35. The van der Waals surface area contributed by atoms with E-state index in [-0.39, 0.29) is 11.4 Å². The number of carbonyl (C=O) groups is 3. The third kappa shape index (κ3) is 2.67. The van der Waals surface area contributed by atoms with Gasteiger partial charge in [0.1, 0.15) is 11.9 Å². The second-order valence-electron chi connectivity index (χ2n) is 5.32. The summed E-state index contributed by atoms with van der Waals surface area (Å²) in [6.07, 6.45) is -0.844. The van der Waals surface area contributed by atoms with E-state index in [1.165, 1.54) is 19.1 Å². The van der Waals surface area contributed by atoms with E-state index in [2.05, 4.69) is 10.6 Å². The van der Waals surface area contributed by atoms with Crippen molar-refractivity contribution in [1.82, 2.24) is 10.2 Å². The second kappa shape index (κ2) is 6.04. The Morgan fingerprint density at radius 1 is 1.00 bits per heavy atom. The molecule has 1 aliphatic heterocycles. The van der Waals surface area contributed by atoms with Crippen LogP contribution in [0, 0.1) is 0 Å². The van der Waals surface area contributed by atoms with Gasteiger partial charge in [-0.1, -0.05) is 24.3 Å². The van der Waals surface area contributed by atoms with Gasteiger partial charge in [0.2, 0.25) is 0 Å². The SMILES string of the molecule is CC(NC(=O)Nc1ccccc1O)N1C(=O)c2ccccc2C1=O. The van der Waals surface area contributed by atoms with Gasteiger partial charge in [0.05, 0.1) is 16.8 Å². The maximum atomic E-state index is 12.3. The molecule has 4 amide bonds. The highest BCUT2D eigenvalue weighted by Crippen LogP contribution is 2.24. The Balaban J connectivity index is 1.71. The van der Waals surface area contributed by atoms with Gasteiger partial charge >= 0.3 is 6.03 Å². The van der Waals surface area contributed by atoms with Crippen LogP contribution in [0.15, 0.2) is 48.5 Å². The third-order valence-electron chi connectivity index (χ3n) is 3.71. The number of hydrogen-bond acceptors (Lipinski definition) is 4. The molecule has 0 saturated carbocycles. The number of aromatic hydroxyl groups is 1. The average Bonchev–Trinajstić information content (AvgIpc) is 2.81. The van der Waals surface area contributed by atoms with Crippen LogP contribution >= 0.6 is 0 Å². The molecule has 0 spiro atoms. The number of fused-ring (bicyclic) bond motifs is 1. The lowest BCUT2D eigenvalue weighted by Gasteiger charge is -2.23. The van der Waals surface area contributed by atoms with Crippen molar-refractivity contribution < 1.29 is 19.5 Å². The Morgan fingerprint density at radius 2 is 1.54 bits per heavy atom. The summed E-state index contributed by atoms with van der Waals surface area (Å²) in [6.45, 7) is 1.53. The average molecular weight is 325 g/mol. The molecule has 0 aliphatic carbocycles. The zero-order chi connectivity index (χ0) is 17.3. The molecule has 3 N–H and O–H groups in total. The molecule has 2 aromatic carbocycles. The van der Waals surface area contributed by atoms with Gasteiger partial charge in [-0.3, -0.25) is 14.5 Å². The minimum absolute atomic E-state index is 0.0824. The van der Waals surface area contributed by atoms with Crippen LogP contribution in [0.3, 0.4) is 0 Å². The van der Waals surface area contributed by atoms with Crippen LogP contribution in [0.1, 0.15) is 27.6 Å². The molecule has 122 valence electrons. The molecule has 1 heterocycles. The number of para-hydroxylation sites is 2. The summed E-state index contributed by atoms with van der Waals surface area (Å²) in [5.74, 6) is -0.988. The van der Waals surface area contributed by atoms with E-state index < -0.39 is 24.0 Å². The summed E-state index contributed by atoms with van der Waals surface area (Å²) in [5, 5.41) is 14.6. The van der Waals surface area contributed by atoms with Crippen molar-refractivity contribution in [2.45, 2.75) is 13.1 Å². The Kier molecular flexibility index (Phi) is 3.91. The van der Waals surface area contributed by atoms with Gasteiger partial charge in [0.25, 0.3) is 11.8 Å². The number of nitrogens with zero attached hydrogens (tertiary/aromatic N) is 1. The van der Waals surface area contributed by atoms with Crippen LogP contribution in [-0.2, 0) is 0 Å². The normalized spacial score (nSPS) is 14.3. The maximum Gasteiger partial charge on any atom is 0.320 e. The molecular weight excluding hydrogens is 310 g/mol. The van der Waals surface area contributed by atoms with Crippen molar-refractivity contribution in [1.29, 1.82) is 0 Å². The first-order chi connectivity index (χ1) is 11.5. The van der Waals surface area contributed by atoms with Crippen molar-refractivity contribution in [2.75, 3.05) is 5.32 Å². The number of rotatable bonds is 3. The summed E-state index contributed by atoms with van der Waals surface area (Å²) in [4.78, 5) is 37.7. The Morgan fingerprint density at radius 3 is 2.12 bits per heavy atom. The second-order valence-corrected chi connectivity index (χ2v) is 5.32. The molecule has 0 aromatic heterocycles. The molecule has 2 aromatic rings. The van der Waals surface area contributed by atoms with Gasteiger partial charge in [-0.25, -0.2) is 4.79 Å². The van der Waals surface area contributed by atoms with Crippen molar-refractivity contribution in [3.63, 3.8) is 0 Å². The minimum atomic E-state index is -0.844. The molecule has 7 nitrogen and oxygen atoms in total. The zero-order valence-corrected chi connectivity index (χ0v) is 12.8. The standard InChI is InChI=1S/C17H15N3O4/c1-10(18-17(24)19-13-8-4-5-9-14(13)21)20-15(22)11-6-2-3-7-12(11)16(20)23/h2-10,21H,1H3,(H2,18,19,24). The molecule has 0 fully saturated rings. The van der Waals surface area contributed by atoms with Crippen molar-refractivity contribution in [3.05, 3.63) is 59.7 Å². The summed E-state index contributed by atoms with van der Waals surface area (Å²) in [5.41, 5.74) is 0.860. The number of urea groups is 1. The van der Waals surface area contributed by atoms with E-state index in [0.717, 1.165) is 4.90 Å². The molecule has 0 radical (unpaired) electrons. The highest BCUT2D eigenvalue weighted by molar-refractivity contribution is 6.21. The smallest absolute Gasteiger partial charge is 0.320 e.